The summed E-state index contributed by atoms with van der Waals surface area (Å²) in [4.78, 5) is 22.5. The normalized spacial score (nSPS) is 16.0. The average molecular weight is 288 g/mol. The van der Waals surface area contributed by atoms with Crippen molar-refractivity contribution in [1.29, 1.82) is 0 Å². The van der Waals surface area contributed by atoms with Gasteiger partial charge in [0.25, 0.3) is 0 Å². The molecule has 0 amide bonds. The molecule has 0 atom stereocenters. The third kappa shape index (κ3) is 2.91. The number of aromatic carboxylic acids is 1. The van der Waals surface area contributed by atoms with Gasteiger partial charge in [-0.15, -0.1) is 0 Å². The molecule has 0 spiro atoms. The molecule has 110 valence electrons. The lowest BCUT2D eigenvalue weighted by Crippen LogP contribution is -2.19. The first-order chi connectivity index (χ1) is 10.1. The van der Waals surface area contributed by atoms with E-state index in [0.717, 1.165) is 12.8 Å². The van der Waals surface area contributed by atoms with E-state index in [2.05, 4.69) is 0 Å². The van der Waals surface area contributed by atoms with Gasteiger partial charge in [0.1, 0.15) is 16.9 Å². The number of hydrogen-bond acceptors (Lipinski definition) is 4. The summed E-state index contributed by atoms with van der Waals surface area (Å²) in [5.74, 6) is -0.631. The molecule has 0 radical (unpaired) electrons. The molecule has 2 aromatic rings. The predicted octanol–water partition coefficient (Wildman–Crippen LogP) is 3.20. The monoisotopic (exact) mass is 288 g/mol. The summed E-state index contributed by atoms with van der Waals surface area (Å²) < 4.78 is 11.0. The Balaban J connectivity index is 1.91. The highest BCUT2D eigenvalue weighted by atomic mass is 16.5. The number of carbonyl (C=O) groups is 1. The first-order valence-electron chi connectivity index (χ1n) is 7.11. The number of carboxylic acid groups (broad SMARTS) is 1. The van der Waals surface area contributed by atoms with Gasteiger partial charge in [-0.1, -0.05) is 6.42 Å². The summed E-state index contributed by atoms with van der Waals surface area (Å²) in [5, 5.41) is 9.48. The van der Waals surface area contributed by atoms with Gasteiger partial charge in [-0.3, -0.25) is 0 Å². The van der Waals surface area contributed by atoms with Crippen LogP contribution in [-0.4, -0.2) is 17.2 Å². The average Bonchev–Trinajstić information content (AvgIpc) is 2.47. The van der Waals surface area contributed by atoms with Crippen LogP contribution in [0.25, 0.3) is 11.0 Å². The van der Waals surface area contributed by atoms with Crippen molar-refractivity contribution >= 4 is 16.9 Å². The lowest BCUT2D eigenvalue weighted by Gasteiger charge is -2.22. The Morgan fingerprint density at radius 2 is 1.95 bits per heavy atom. The van der Waals surface area contributed by atoms with E-state index in [1.165, 1.54) is 25.3 Å². The minimum absolute atomic E-state index is 0.209. The molecule has 1 saturated carbocycles. The van der Waals surface area contributed by atoms with Gasteiger partial charge in [-0.05, 0) is 43.9 Å². The quantitative estimate of drug-likeness (QED) is 0.878. The number of carboxylic acids is 1. The maximum atomic E-state index is 11.6. The van der Waals surface area contributed by atoms with Crippen LogP contribution in [0.4, 0.5) is 0 Å². The highest BCUT2D eigenvalue weighted by molar-refractivity contribution is 5.91. The number of hydrogen-bond donors (Lipinski definition) is 1. The molecule has 0 unspecified atom stereocenters. The Kier molecular flexibility index (Phi) is 3.64. The zero-order chi connectivity index (χ0) is 14.8. The van der Waals surface area contributed by atoms with Crippen molar-refractivity contribution in [3.63, 3.8) is 0 Å². The first kappa shape index (κ1) is 13.7. The van der Waals surface area contributed by atoms with Gasteiger partial charge in [0.05, 0.1) is 6.10 Å². The summed E-state index contributed by atoms with van der Waals surface area (Å²) in [6.07, 6.45) is 5.90. The van der Waals surface area contributed by atoms with Crippen LogP contribution in [-0.2, 0) is 0 Å². The number of rotatable bonds is 3. The van der Waals surface area contributed by atoms with Crippen molar-refractivity contribution in [2.75, 3.05) is 0 Å². The highest BCUT2D eigenvalue weighted by Gasteiger charge is 2.16. The molecule has 5 nitrogen and oxygen atoms in total. The molecule has 1 aliphatic carbocycles. The van der Waals surface area contributed by atoms with E-state index in [-0.39, 0.29) is 11.7 Å². The second-order valence-corrected chi connectivity index (χ2v) is 5.33. The van der Waals surface area contributed by atoms with Gasteiger partial charge in [0.15, 0.2) is 0 Å². The Bertz CT molecular complexity index is 725. The molecular weight excluding hydrogens is 272 g/mol. The molecule has 3 rings (SSSR count). The molecule has 1 heterocycles. The van der Waals surface area contributed by atoms with Crippen LogP contribution >= 0.6 is 0 Å². The summed E-state index contributed by atoms with van der Waals surface area (Å²) >= 11 is 0. The molecule has 1 aromatic carbocycles. The van der Waals surface area contributed by atoms with Gasteiger partial charge in [-0.25, -0.2) is 9.59 Å². The zero-order valence-corrected chi connectivity index (χ0v) is 11.5. The lowest BCUT2D eigenvalue weighted by molar-refractivity contribution is 0.0692. The largest absolute Gasteiger partial charge is 0.490 e. The molecular formula is C16H16O5. The fourth-order valence-corrected chi connectivity index (χ4v) is 2.69. The molecule has 21 heavy (non-hydrogen) atoms. The highest BCUT2D eigenvalue weighted by Crippen LogP contribution is 2.26. The fraction of sp³-hybridized carbons (Fsp3) is 0.375. The van der Waals surface area contributed by atoms with E-state index < -0.39 is 11.6 Å². The minimum atomic E-state index is -1.28. The topological polar surface area (TPSA) is 76.7 Å². The van der Waals surface area contributed by atoms with Crippen LogP contribution in [0.2, 0.25) is 0 Å². The zero-order valence-electron chi connectivity index (χ0n) is 11.5. The van der Waals surface area contributed by atoms with Crippen LogP contribution in [0, 0.1) is 0 Å². The van der Waals surface area contributed by atoms with Crippen LogP contribution < -0.4 is 10.4 Å². The van der Waals surface area contributed by atoms with Crippen molar-refractivity contribution < 1.29 is 19.1 Å². The van der Waals surface area contributed by atoms with Crippen molar-refractivity contribution in [1.82, 2.24) is 0 Å². The standard InChI is InChI=1S/C16H16O5/c17-15(18)13-8-10-6-7-12(9-14(10)21-16(13)19)20-11-4-2-1-3-5-11/h6-9,11H,1-5H2,(H,17,18). The summed E-state index contributed by atoms with van der Waals surface area (Å²) in [6.45, 7) is 0. The van der Waals surface area contributed by atoms with E-state index in [9.17, 15) is 9.59 Å². The third-order valence-electron chi connectivity index (χ3n) is 3.79. The summed E-state index contributed by atoms with van der Waals surface area (Å²) in [6, 6.07) is 6.47. The van der Waals surface area contributed by atoms with E-state index in [1.807, 2.05) is 0 Å². The van der Waals surface area contributed by atoms with Gasteiger partial charge in [0.2, 0.25) is 0 Å². The number of ether oxygens (including phenoxy) is 1. The third-order valence-corrected chi connectivity index (χ3v) is 3.79. The molecule has 1 aliphatic rings. The SMILES string of the molecule is O=C(O)c1cc2ccc(OC3CCCCC3)cc2oc1=O. The van der Waals surface area contributed by atoms with Crippen LogP contribution in [0.15, 0.2) is 33.5 Å². The molecule has 0 bridgehead atoms. The first-order valence-corrected chi connectivity index (χ1v) is 7.11. The van der Waals surface area contributed by atoms with Gasteiger partial charge >= 0.3 is 11.6 Å². The predicted molar refractivity (Wildman–Crippen MR) is 76.9 cm³/mol. The Labute approximate surface area is 121 Å². The Morgan fingerprint density at radius 3 is 2.67 bits per heavy atom. The lowest BCUT2D eigenvalue weighted by atomic mass is 9.98. The summed E-state index contributed by atoms with van der Waals surface area (Å²) in [7, 11) is 0. The van der Waals surface area contributed by atoms with Crippen LogP contribution in [0.3, 0.4) is 0 Å². The molecule has 5 heteroatoms. The minimum Gasteiger partial charge on any atom is -0.490 e. The smallest absolute Gasteiger partial charge is 0.351 e. The second kappa shape index (κ2) is 5.60. The maximum absolute atomic E-state index is 11.6. The maximum Gasteiger partial charge on any atom is 0.351 e. The summed E-state index contributed by atoms with van der Waals surface area (Å²) in [5.41, 5.74) is -0.855. The Morgan fingerprint density at radius 1 is 1.19 bits per heavy atom. The van der Waals surface area contributed by atoms with E-state index in [4.69, 9.17) is 14.3 Å². The van der Waals surface area contributed by atoms with Gasteiger partial charge < -0.3 is 14.3 Å². The van der Waals surface area contributed by atoms with Crippen molar-refractivity contribution in [2.45, 2.75) is 38.2 Å². The van der Waals surface area contributed by atoms with Crippen molar-refractivity contribution in [3.8, 4) is 5.75 Å². The van der Waals surface area contributed by atoms with E-state index in [1.54, 1.807) is 18.2 Å². The molecule has 0 saturated heterocycles. The molecule has 1 fully saturated rings. The van der Waals surface area contributed by atoms with Crippen LogP contribution in [0.5, 0.6) is 5.75 Å². The molecule has 1 N–H and O–H groups in total. The number of benzene rings is 1. The molecule has 1 aromatic heterocycles. The fourth-order valence-electron chi connectivity index (χ4n) is 2.69. The molecule has 0 aliphatic heterocycles. The van der Waals surface area contributed by atoms with Gasteiger partial charge in [-0.2, -0.15) is 0 Å². The van der Waals surface area contributed by atoms with Crippen LogP contribution in [0.1, 0.15) is 42.5 Å². The Hall–Kier alpha value is -2.30. The van der Waals surface area contributed by atoms with E-state index in [0.29, 0.717) is 16.7 Å². The van der Waals surface area contributed by atoms with E-state index >= 15 is 0 Å². The second-order valence-electron chi connectivity index (χ2n) is 5.33. The van der Waals surface area contributed by atoms with Crippen molar-refractivity contribution in [2.24, 2.45) is 0 Å². The number of fused-ring (bicyclic) bond motifs is 1. The van der Waals surface area contributed by atoms with Gasteiger partial charge in [0, 0.05) is 11.5 Å². The van der Waals surface area contributed by atoms with Crippen molar-refractivity contribution in [3.05, 3.63) is 40.2 Å².